The molecule has 4 rings (SSSR count). The summed E-state index contributed by atoms with van der Waals surface area (Å²) in [5.41, 5.74) is 2.12. The lowest BCUT2D eigenvalue weighted by Gasteiger charge is -2.25. The minimum atomic E-state index is -0.710. The molecule has 1 aliphatic heterocycles. The molecule has 0 aliphatic carbocycles. The van der Waals surface area contributed by atoms with Gasteiger partial charge in [0, 0.05) is 21.6 Å². The monoisotopic (exact) mass is 481 g/mol. The highest BCUT2D eigenvalue weighted by molar-refractivity contribution is 9.10. The van der Waals surface area contributed by atoms with E-state index in [1.54, 1.807) is 24.3 Å². The van der Waals surface area contributed by atoms with E-state index in [1.165, 1.54) is 4.90 Å². The zero-order valence-corrected chi connectivity index (χ0v) is 18.1. The maximum absolute atomic E-state index is 13.0. The summed E-state index contributed by atoms with van der Waals surface area (Å²) < 4.78 is 0.816. The van der Waals surface area contributed by atoms with E-state index in [0.717, 1.165) is 15.6 Å². The van der Waals surface area contributed by atoms with Gasteiger partial charge in [-0.05, 0) is 47.5 Å². The fraction of sp³-hybridized carbons (Fsp3) is 0.0833. The van der Waals surface area contributed by atoms with E-state index >= 15 is 0 Å². The van der Waals surface area contributed by atoms with Crippen molar-refractivity contribution >= 4 is 45.0 Å². The Labute approximate surface area is 187 Å². The number of likely N-dealkylation sites (tertiary alicyclic amines) is 1. The summed E-state index contributed by atoms with van der Waals surface area (Å²) in [4.78, 5) is 27.5. The first kappa shape index (κ1) is 20.4. The van der Waals surface area contributed by atoms with Crippen LogP contribution in [0, 0.1) is 0 Å². The highest BCUT2D eigenvalue weighted by Crippen LogP contribution is 2.40. The number of hydrogen-bond donors (Lipinski definition) is 1. The van der Waals surface area contributed by atoms with Crippen LogP contribution in [0.2, 0.25) is 5.02 Å². The number of amides is 1. The summed E-state index contributed by atoms with van der Waals surface area (Å²) in [6, 6.07) is 22.7. The molecule has 1 aliphatic rings. The van der Waals surface area contributed by atoms with Crippen molar-refractivity contribution in [1.29, 1.82) is 0 Å². The molecule has 0 aromatic heterocycles. The van der Waals surface area contributed by atoms with Crippen LogP contribution in [0.3, 0.4) is 0 Å². The van der Waals surface area contributed by atoms with Crippen LogP contribution >= 0.6 is 27.5 Å². The van der Waals surface area contributed by atoms with E-state index in [9.17, 15) is 14.7 Å². The molecular formula is C24H17BrClNO3. The van der Waals surface area contributed by atoms with Gasteiger partial charge in [-0.3, -0.25) is 9.59 Å². The lowest BCUT2D eigenvalue weighted by atomic mass is 9.95. The van der Waals surface area contributed by atoms with Crippen molar-refractivity contribution in [2.75, 3.05) is 0 Å². The van der Waals surface area contributed by atoms with Crippen molar-refractivity contribution in [3.05, 3.63) is 111 Å². The molecule has 6 heteroatoms. The third-order valence-electron chi connectivity index (χ3n) is 5.02. The number of hydrogen-bond acceptors (Lipinski definition) is 3. The van der Waals surface area contributed by atoms with Gasteiger partial charge >= 0.3 is 0 Å². The zero-order valence-electron chi connectivity index (χ0n) is 15.8. The van der Waals surface area contributed by atoms with Gasteiger partial charge in [-0.2, -0.15) is 0 Å². The van der Waals surface area contributed by atoms with Crippen LogP contribution in [0.25, 0.3) is 5.76 Å². The Kier molecular flexibility index (Phi) is 5.75. The van der Waals surface area contributed by atoms with Crippen LogP contribution in [0.5, 0.6) is 0 Å². The predicted molar refractivity (Wildman–Crippen MR) is 120 cm³/mol. The van der Waals surface area contributed by atoms with Gasteiger partial charge in [-0.15, -0.1) is 0 Å². The average Bonchev–Trinajstić information content (AvgIpc) is 2.99. The summed E-state index contributed by atoms with van der Waals surface area (Å²) in [6.45, 7) is 0.250. The summed E-state index contributed by atoms with van der Waals surface area (Å²) in [5.74, 6) is -1.56. The smallest absolute Gasteiger partial charge is 0.295 e. The molecule has 1 heterocycles. The SMILES string of the molecule is O=C1C(=O)N(Cc2ccccc2)C(c2cccc(Br)c2)/C1=C(\O)c1ccc(Cl)cc1. The van der Waals surface area contributed by atoms with Gasteiger partial charge in [0.05, 0.1) is 11.6 Å². The standard InChI is InChI=1S/C24H17BrClNO3/c25-18-8-4-7-17(13-18)21-20(22(28)16-9-11-19(26)12-10-16)23(29)24(30)27(21)14-15-5-2-1-3-6-15/h1-13,21,28H,14H2/b22-20+. The van der Waals surface area contributed by atoms with Gasteiger partial charge in [-0.1, -0.05) is 70.0 Å². The number of Topliss-reactive ketones (excluding diaryl/α,β-unsaturated/α-hetero) is 1. The zero-order chi connectivity index (χ0) is 21.3. The van der Waals surface area contributed by atoms with Crippen LogP contribution in [-0.4, -0.2) is 21.7 Å². The molecule has 150 valence electrons. The molecule has 4 nitrogen and oxygen atoms in total. The number of carbonyl (C=O) groups is 2. The number of ketones is 1. The minimum Gasteiger partial charge on any atom is -0.507 e. The Morgan fingerprint density at radius 2 is 1.67 bits per heavy atom. The van der Waals surface area contributed by atoms with Crippen molar-refractivity contribution in [1.82, 2.24) is 4.90 Å². The number of aliphatic hydroxyl groups is 1. The largest absolute Gasteiger partial charge is 0.507 e. The van der Waals surface area contributed by atoms with Crippen LogP contribution in [-0.2, 0) is 16.1 Å². The molecule has 1 atom stereocenters. The lowest BCUT2D eigenvalue weighted by Crippen LogP contribution is -2.29. The van der Waals surface area contributed by atoms with E-state index in [0.29, 0.717) is 10.6 Å². The number of nitrogens with zero attached hydrogens (tertiary/aromatic N) is 1. The molecule has 1 N–H and O–H groups in total. The summed E-state index contributed by atoms with van der Waals surface area (Å²) in [6.07, 6.45) is 0. The van der Waals surface area contributed by atoms with Gasteiger partial charge < -0.3 is 10.0 Å². The molecule has 0 spiro atoms. The number of aliphatic hydroxyl groups excluding tert-OH is 1. The van der Waals surface area contributed by atoms with Gasteiger partial charge in [0.1, 0.15) is 5.76 Å². The molecule has 0 bridgehead atoms. The molecule has 30 heavy (non-hydrogen) atoms. The van der Waals surface area contributed by atoms with Crippen molar-refractivity contribution in [3.63, 3.8) is 0 Å². The Morgan fingerprint density at radius 3 is 2.33 bits per heavy atom. The van der Waals surface area contributed by atoms with E-state index in [1.807, 2.05) is 54.6 Å². The fourth-order valence-electron chi connectivity index (χ4n) is 3.61. The summed E-state index contributed by atoms with van der Waals surface area (Å²) in [7, 11) is 0. The number of halogens is 2. The Morgan fingerprint density at radius 1 is 0.967 bits per heavy atom. The molecule has 1 saturated heterocycles. The Hall–Kier alpha value is -2.89. The third kappa shape index (κ3) is 3.91. The van der Waals surface area contributed by atoms with Crippen molar-refractivity contribution in [2.24, 2.45) is 0 Å². The first-order chi connectivity index (χ1) is 14.5. The van der Waals surface area contributed by atoms with Crippen molar-refractivity contribution < 1.29 is 14.7 Å². The topological polar surface area (TPSA) is 57.6 Å². The van der Waals surface area contributed by atoms with Crippen LogP contribution in [0.15, 0.2) is 88.9 Å². The average molecular weight is 483 g/mol. The second kappa shape index (κ2) is 8.46. The number of rotatable bonds is 4. The number of carbonyl (C=O) groups excluding carboxylic acids is 2. The maximum atomic E-state index is 13.0. The predicted octanol–water partition coefficient (Wildman–Crippen LogP) is 5.72. The van der Waals surface area contributed by atoms with E-state index in [4.69, 9.17) is 11.6 Å². The molecule has 1 unspecified atom stereocenters. The quantitative estimate of drug-likeness (QED) is 0.294. The van der Waals surface area contributed by atoms with Gasteiger partial charge in [0.15, 0.2) is 0 Å². The lowest BCUT2D eigenvalue weighted by molar-refractivity contribution is -0.140. The van der Waals surface area contributed by atoms with Gasteiger partial charge in [0.2, 0.25) is 0 Å². The first-order valence-electron chi connectivity index (χ1n) is 9.29. The number of benzene rings is 3. The second-order valence-electron chi connectivity index (χ2n) is 6.97. The van der Waals surface area contributed by atoms with Crippen molar-refractivity contribution in [3.8, 4) is 0 Å². The van der Waals surface area contributed by atoms with E-state index in [-0.39, 0.29) is 17.9 Å². The summed E-state index contributed by atoms with van der Waals surface area (Å²) >= 11 is 9.41. The first-order valence-corrected chi connectivity index (χ1v) is 10.5. The van der Waals surface area contributed by atoms with E-state index in [2.05, 4.69) is 15.9 Å². The molecular weight excluding hydrogens is 466 g/mol. The molecule has 3 aromatic rings. The van der Waals surface area contributed by atoms with E-state index < -0.39 is 17.7 Å². The molecule has 1 fully saturated rings. The molecule has 1 amide bonds. The van der Waals surface area contributed by atoms with Crippen LogP contribution in [0.1, 0.15) is 22.7 Å². The summed E-state index contributed by atoms with van der Waals surface area (Å²) in [5, 5.41) is 11.5. The van der Waals surface area contributed by atoms with Gasteiger partial charge in [0.25, 0.3) is 11.7 Å². The minimum absolute atomic E-state index is 0.0661. The van der Waals surface area contributed by atoms with Gasteiger partial charge in [-0.25, -0.2) is 0 Å². The fourth-order valence-corrected chi connectivity index (χ4v) is 4.15. The van der Waals surface area contributed by atoms with Crippen LogP contribution in [0.4, 0.5) is 0 Å². The maximum Gasteiger partial charge on any atom is 0.295 e. The Bertz CT molecular complexity index is 1140. The third-order valence-corrected chi connectivity index (χ3v) is 5.76. The molecule has 0 radical (unpaired) electrons. The second-order valence-corrected chi connectivity index (χ2v) is 8.33. The highest BCUT2D eigenvalue weighted by Gasteiger charge is 2.46. The highest BCUT2D eigenvalue weighted by atomic mass is 79.9. The van der Waals surface area contributed by atoms with Crippen molar-refractivity contribution in [2.45, 2.75) is 12.6 Å². The molecule has 0 saturated carbocycles. The normalized spacial score (nSPS) is 18.1. The molecule has 3 aromatic carbocycles. The van der Waals surface area contributed by atoms with Crippen LogP contribution < -0.4 is 0 Å². The Balaban J connectivity index is 1.87.